The van der Waals surface area contributed by atoms with Gasteiger partial charge in [-0.2, -0.15) is 0 Å². The van der Waals surface area contributed by atoms with Gasteiger partial charge in [0, 0.05) is 0 Å². The third-order valence-corrected chi connectivity index (χ3v) is 6.80. The Hall–Kier alpha value is -1.26. The summed E-state index contributed by atoms with van der Waals surface area (Å²) in [7, 11) is 0. The van der Waals surface area contributed by atoms with Crippen LogP contribution in [0.4, 0.5) is 4.79 Å². The number of hydrogen-bond donors (Lipinski definition) is 0. The monoisotopic (exact) mass is 485 g/mol. The van der Waals surface area contributed by atoms with E-state index >= 15 is 0 Å². The van der Waals surface area contributed by atoms with E-state index in [1.54, 1.807) is 6.92 Å². The molecule has 0 radical (unpaired) electrons. The van der Waals surface area contributed by atoms with Crippen LogP contribution in [0.15, 0.2) is 28.7 Å². The summed E-state index contributed by atoms with van der Waals surface area (Å²) >= 11 is 2.63. The number of aromatic nitrogens is 1. The van der Waals surface area contributed by atoms with Crippen LogP contribution in [0.2, 0.25) is 5.21 Å². The number of esters is 1. The number of benzene rings is 1. The van der Waals surface area contributed by atoms with E-state index in [0.29, 0.717) is 17.5 Å². The SMILES string of the molecule is CCOC(=O)c1cc2cccc(Br)c2n1C(C)C[AsH]C(=O)OC(C)(C)C. The molecule has 2 atom stereocenters. The first-order valence-electron chi connectivity index (χ1n) is 8.57. The molecule has 0 aliphatic carbocycles. The average Bonchev–Trinajstić information content (AvgIpc) is 2.92. The van der Waals surface area contributed by atoms with Crippen LogP contribution < -0.4 is 0 Å². The molecule has 0 bridgehead atoms. The van der Waals surface area contributed by atoms with E-state index in [9.17, 15) is 9.59 Å². The second-order valence-corrected chi connectivity index (χ2v) is 10.3. The van der Waals surface area contributed by atoms with Crippen molar-refractivity contribution in [3.63, 3.8) is 0 Å². The number of ether oxygens (including phenoxy) is 2. The maximum absolute atomic E-state index is 12.4. The van der Waals surface area contributed by atoms with E-state index in [-0.39, 0.29) is 16.8 Å². The first kappa shape index (κ1) is 21.0. The summed E-state index contributed by atoms with van der Waals surface area (Å²) in [4.78, 5) is 24.5. The molecule has 0 fully saturated rings. The first-order valence-corrected chi connectivity index (χ1v) is 11.9. The molecular weight excluding hydrogens is 461 g/mol. The van der Waals surface area contributed by atoms with Crippen LogP contribution in [0, 0.1) is 0 Å². The summed E-state index contributed by atoms with van der Waals surface area (Å²) < 4.78 is 13.4. The summed E-state index contributed by atoms with van der Waals surface area (Å²) in [6.07, 6.45) is 0. The Morgan fingerprint density at radius 3 is 2.62 bits per heavy atom. The molecule has 2 rings (SSSR count). The Kier molecular flexibility index (Phi) is 6.98. The predicted molar refractivity (Wildman–Crippen MR) is 108 cm³/mol. The van der Waals surface area contributed by atoms with Crippen molar-refractivity contribution in [1.82, 2.24) is 4.57 Å². The Balaban J connectivity index is 2.32. The van der Waals surface area contributed by atoms with Gasteiger partial charge in [-0.15, -0.1) is 0 Å². The molecule has 0 aliphatic rings. The van der Waals surface area contributed by atoms with Crippen LogP contribution in [0.3, 0.4) is 0 Å². The van der Waals surface area contributed by atoms with Crippen LogP contribution in [-0.2, 0) is 9.47 Å². The van der Waals surface area contributed by atoms with Crippen LogP contribution in [-0.4, -0.2) is 43.3 Å². The minimum atomic E-state index is -0.956. The minimum absolute atomic E-state index is 0.0156. The number of carbonyl (C=O) groups is 2. The summed E-state index contributed by atoms with van der Waals surface area (Å²) in [5.41, 5.74) is 0.985. The first-order chi connectivity index (χ1) is 12.1. The molecule has 26 heavy (non-hydrogen) atoms. The van der Waals surface area contributed by atoms with Gasteiger partial charge in [0.1, 0.15) is 0 Å². The van der Waals surface area contributed by atoms with Crippen molar-refractivity contribution in [2.75, 3.05) is 6.61 Å². The second-order valence-electron chi connectivity index (χ2n) is 7.03. The molecule has 0 N–H and O–H groups in total. The normalized spacial score (nSPS) is 13.3. The Bertz CT molecular complexity index is 810. The molecule has 142 valence electrons. The zero-order valence-electron chi connectivity index (χ0n) is 15.8. The number of hydrogen-bond acceptors (Lipinski definition) is 4. The van der Waals surface area contributed by atoms with Crippen molar-refractivity contribution in [3.8, 4) is 0 Å². The van der Waals surface area contributed by atoms with Crippen molar-refractivity contribution in [2.45, 2.75) is 51.5 Å². The molecule has 7 heteroatoms. The number of halogens is 1. The molecule has 0 amide bonds. The van der Waals surface area contributed by atoms with E-state index in [1.807, 2.05) is 56.5 Å². The summed E-state index contributed by atoms with van der Waals surface area (Å²) in [6.45, 7) is 9.75. The van der Waals surface area contributed by atoms with Crippen molar-refractivity contribution >= 4 is 53.3 Å². The van der Waals surface area contributed by atoms with Gasteiger partial charge in [-0.05, 0) is 0 Å². The molecule has 0 aliphatic heterocycles. The van der Waals surface area contributed by atoms with Crippen molar-refractivity contribution in [3.05, 3.63) is 34.4 Å². The number of para-hydroxylation sites is 1. The number of nitrogens with zero attached hydrogens (tertiary/aromatic N) is 1. The quantitative estimate of drug-likeness (QED) is 0.429. The fourth-order valence-electron chi connectivity index (χ4n) is 2.70. The van der Waals surface area contributed by atoms with Crippen molar-refractivity contribution in [1.29, 1.82) is 0 Å². The van der Waals surface area contributed by atoms with Crippen LogP contribution in [0.1, 0.15) is 51.1 Å². The molecule has 2 unspecified atom stereocenters. The van der Waals surface area contributed by atoms with Gasteiger partial charge in [0.05, 0.1) is 0 Å². The Morgan fingerprint density at radius 1 is 1.31 bits per heavy atom. The molecule has 0 saturated carbocycles. The van der Waals surface area contributed by atoms with Gasteiger partial charge in [0.2, 0.25) is 0 Å². The maximum atomic E-state index is 12.4. The Labute approximate surface area is 169 Å². The standard InChI is InChI=1S/C19H25AsBrNO4/c1-6-25-17(23)15-10-13-8-7-9-14(21)16(13)22(15)12(2)11-20-18(24)26-19(3,4)5/h7-10,12,20H,6,11H2,1-5H3. The van der Waals surface area contributed by atoms with Gasteiger partial charge in [-0.25, -0.2) is 0 Å². The van der Waals surface area contributed by atoms with Gasteiger partial charge in [0.15, 0.2) is 0 Å². The van der Waals surface area contributed by atoms with E-state index < -0.39 is 21.4 Å². The molecule has 0 spiro atoms. The van der Waals surface area contributed by atoms with E-state index in [0.717, 1.165) is 15.4 Å². The zero-order chi connectivity index (χ0) is 19.5. The van der Waals surface area contributed by atoms with Crippen molar-refractivity contribution in [2.24, 2.45) is 0 Å². The summed E-state index contributed by atoms with van der Waals surface area (Å²) in [6, 6.07) is 7.69. The third-order valence-electron chi connectivity index (χ3n) is 3.68. The molecule has 0 saturated heterocycles. The van der Waals surface area contributed by atoms with Crippen LogP contribution in [0.5, 0.6) is 0 Å². The number of fused-ring (bicyclic) bond motifs is 1. The molecule has 1 aromatic heterocycles. The summed E-state index contributed by atoms with van der Waals surface area (Å²) in [5, 5.41) is 1.65. The van der Waals surface area contributed by atoms with Crippen molar-refractivity contribution < 1.29 is 19.1 Å². The molecule has 1 aromatic carbocycles. The fraction of sp³-hybridized carbons (Fsp3) is 0.474. The number of carbonyl (C=O) groups excluding carboxylic acids is 2. The van der Waals surface area contributed by atoms with E-state index in [1.165, 1.54) is 0 Å². The average molecular weight is 486 g/mol. The zero-order valence-corrected chi connectivity index (χ0v) is 19.4. The van der Waals surface area contributed by atoms with Gasteiger partial charge in [-0.1, -0.05) is 0 Å². The third kappa shape index (κ3) is 5.14. The van der Waals surface area contributed by atoms with E-state index in [2.05, 4.69) is 15.9 Å². The predicted octanol–water partition coefficient (Wildman–Crippen LogP) is 4.93. The molecule has 1 heterocycles. The second kappa shape index (κ2) is 8.62. The summed E-state index contributed by atoms with van der Waals surface area (Å²) in [5.74, 6) is -0.347. The van der Waals surface area contributed by atoms with Crippen LogP contribution >= 0.6 is 15.9 Å². The Morgan fingerprint density at radius 2 is 2.00 bits per heavy atom. The van der Waals surface area contributed by atoms with Gasteiger partial charge in [-0.3, -0.25) is 0 Å². The fourth-order valence-corrected chi connectivity index (χ4v) is 5.42. The van der Waals surface area contributed by atoms with E-state index in [4.69, 9.17) is 9.47 Å². The topological polar surface area (TPSA) is 57.5 Å². The van der Waals surface area contributed by atoms with Gasteiger partial charge in [0.25, 0.3) is 0 Å². The number of rotatable bonds is 6. The molecular formula is C19H25AsBrNO4. The van der Waals surface area contributed by atoms with Gasteiger partial charge < -0.3 is 0 Å². The molecule has 2 aromatic rings. The van der Waals surface area contributed by atoms with Crippen LogP contribution in [0.25, 0.3) is 10.9 Å². The molecule has 5 nitrogen and oxygen atoms in total. The van der Waals surface area contributed by atoms with Gasteiger partial charge >= 0.3 is 169 Å².